The quantitative estimate of drug-likeness (QED) is 0.764. The highest BCUT2D eigenvalue weighted by Gasteiger charge is 2.28. The van der Waals surface area contributed by atoms with E-state index in [0.29, 0.717) is 0 Å². The van der Waals surface area contributed by atoms with Crippen molar-refractivity contribution in [1.29, 1.82) is 0 Å². The topological polar surface area (TPSA) is 29.5 Å². The summed E-state index contributed by atoms with van der Waals surface area (Å²) in [7, 11) is 1.48. The molecule has 18 heavy (non-hydrogen) atoms. The lowest BCUT2D eigenvalue weighted by Crippen LogP contribution is -2.46. The van der Waals surface area contributed by atoms with E-state index in [0.717, 1.165) is 32.4 Å². The van der Waals surface area contributed by atoms with Gasteiger partial charge in [-0.25, -0.2) is 0 Å². The summed E-state index contributed by atoms with van der Waals surface area (Å²) in [4.78, 5) is 14.0. The van der Waals surface area contributed by atoms with Crippen LogP contribution in [0.2, 0.25) is 0 Å². The van der Waals surface area contributed by atoms with Crippen molar-refractivity contribution in [3.63, 3.8) is 0 Å². The molecule has 98 valence electrons. The highest BCUT2D eigenvalue weighted by Crippen LogP contribution is 2.18. The smallest absolute Gasteiger partial charge is 0.323 e. The predicted octanol–water partition coefficient (Wildman–Crippen LogP) is 2.26. The Morgan fingerprint density at radius 3 is 2.83 bits per heavy atom. The van der Waals surface area contributed by atoms with Crippen LogP contribution in [0.4, 0.5) is 0 Å². The zero-order valence-electron chi connectivity index (χ0n) is 11.0. The fourth-order valence-electron chi connectivity index (χ4n) is 2.58. The number of piperidine rings is 1. The van der Waals surface area contributed by atoms with Crippen molar-refractivity contribution in [3.05, 3.63) is 35.9 Å². The summed E-state index contributed by atoms with van der Waals surface area (Å²) in [6.45, 7) is 1.94. The number of hydrogen-bond donors (Lipinski definition) is 0. The lowest BCUT2D eigenvalue weighted by Gasteiger charge is -2.33. The van der Waals surface area contributed by atoms with Gasteiger partial charge in [0.15, 0.2) is 0 Å². The van der Waals surface area contributed by atoms with Crippen LogP contribution in [0.5, 0.6) is 0 Å². The first-order chi connectivity index (χ1) is 8.81. The monoisotopic (exact) mass is 247 g/mol. The second kappa shape index (κ2) is 6.55. The van der Waals surface area contributed by atoms with Gasteiger partial charge in [-0.05, 0) is 31.4 Å². The van der Waals surface area contributed by atoms with Gasteiger partial charge in [-0.1, -0.05) is 36.8 Å². The maximum Gasteiger partial charge on any atom is 0.323 e. The molecule has 1 saturated heterocycles. The molecule has 0 radical (unpaired) electrons. The lowest BCUT2D eigenvalue weighted by atomic mass is 10.0. The number of likely N-dealkylation sites (tertiary alicyclic amines) is 1. The summed E-state index contributed by atoms with van der Waals surface area (Å²) in [6, 6.07) is 10.4. The number of hydrogen-bond acceptors (Lipinski definition) is 3. The summed E-state index contributed by atoms with van der Waals surface area (Å²) >= 11 is 0. The Kier molecular flexibility index (Phi) is 4.76. The van der Waals surface area contributed by atoms with E-state index >= 15 is 0 Å². The van der Waals surface area contributed by atoms with Crippen LogP contribution in [-0.4, -0.2) is 37.1 Å². The molecular formula is C15H21NO2. The molecule has 0 spiro atoms. The molecule has 3 nitrogen and oxygen atoms in total. The van der Waals surface area contributed by atoms with Crippen LogP contribution in [0, 0.1) is 0 Å². The zero-order valence-corrected chi connectivity index (χ0v) is 11.0. The molecule has 2 rings (SSSR count). The Balaban J connectivity index is 1.91. The predicted molar refractivity (Wildman–Crippen MR) is 71.4 cm³/mol. The van der Waals surface area contributed by atoms with Gasteiger partial charge >= 0.3 is 5.97 Å². The summed E-state index contributed by atoms with van der Waals surface area (Å²) in [5.74, 6) is -0.0808. The standard InChI is InChI=1S/C15H21NO2/c1-18-15(17)14-9-5-6-11-16(14)12-10-13-7-3-2-4-8-13/h2-4,7-8,14H,5-6,9-12H2,1H3/t14-/m1/s1. The molecule has 3 heteroatoms. The number of benzene rings is 1. The molecule has 1 aliphatic heterocycles. The van der Waals surface area contributed by atoms with Crippen LogP contribution in [0.1, 0.15) is 24.8 Å². The van der Waals surface area contributed by atoms with E-state index in [4.69, 9.17) is 4.74 Å². The summed E-state index contributed by atoms with van der Waals surface area (Å²) in [5.41, 5.74) is 1.33. The second-order valence-corrected chi connectivity index (χ2v) is 4.81. The van der Waals surface area contributed by atoms with Gasteiger partial charge in [0.2, 0.25) is 0 Å². The maximum atomic E-state index is 11.7. The van der Waals surface area contributed by atoms with Gasteiger partial charge in [-0.15, -0.1) is 0 Å². The molecule has 0 amide bonds. The third-order valence-corrected chi connectivity index (χ3v) is 3.62. The molecule has 0 unspecified atom stereocenters. The summed E-state index contributed by atoms with van der Waals surface area (Å²) in [6.07, 6.45) is 4.24. The Morgan fingerprint density at radius 2 is 2.11 bits per heavy atom. The minimum Gasteiger partial charge on any atom is -0.468 e. The fraction of sp³-hybridized carbons (Fsp3) is 0.533. The van der Waals surface area contributed by atoms with Crippen molar-refractivity contribution in [2.75, 3.05) is 20.2 Å². The van der Waals surface area contributed by atoms with E-state index in [1.54, 1.807) is 0 Å². The molecule has 1 atom stereocenters. The normalized spacial score (nSPS) is 20.6. The van der Waals surface area contributed by atoms with E-state index in [1.165, 1.54) is 19.1 Å². The first-order valence-corrected chi connectivity index (χ1v) is 6.67. The highest BCUT2D eigenvalue weighted by molar-refractivity contribution is 5.75. The highest BCUT2D eigenvalue weighted by atomic mass is 16.5. The van der Waals surface area contributed by atoms with Crippen LogP contribution in [0.15, 0.2) is 30.3 Å². The molecule has 1 aliphatic rings. The number of rotatable bonds is 4. The third-order valence-electron chi connectivity index (χ3n) is 3.62. The second-order valence-electron chi connectivity index (χ2n) is 4.81. The molecular weight excluding hydrogens is 226 g/mol. The molecule has 0 aliphatic carbocycles. The van der Waals surface area contributed by atoms with Gasteiger partial charge in [-0.2, -0.15) is 0 Å². The van der Waals surface area contributed by atoms with Crippen molar-refractivity contribution in [1.82, 2.24) is 4.90 Å². The minimum absolute atomic E-state index is 0.0348. The van der Waals surface area contributed by atoms with Gasteiger partial charge in [0.1, 0.15) is 6.04 Å². The van der Waals surface area contributed by atoms with Crippen molar-refractivity contribution in [2.24, 2.45) is 0 Å². The van der Waals surface area contributed by atoms with Crippen LogP contribution in [0.25, 0.3) is 0 Å². The number of esters is 1. The summed E-state index contributed by atoms with van der Waals surface area (Å²) < 4.78 is 4.89. The van der Waals surface area contributed by atoms with Crippen LogP contribution >= 0.6 is 0 Å². The van der Waals surface area contributed by atoms with Crippen molar-refractivity contribution in [2.45, 2.75) is 31.7 Å². The lowest BCUT2D eigenvalue weighted by molar-refractivity contribution is -0.148. The molecule has 0 saturated carbocycles. The molecule has 0 N–H and O–H groups in total. The molecule has 1 fully saturated rings. The first kappa shape index (κ1) is 13.1. The van der Waals surface area contributed by atoms with Crippen molar-refractivity contribution >= 4 is 5.97 Å². The molecule has 1 aromatic rings. The molecule has 1 aromatic carbocycles. The Bertz CT molecular complexity index is 377. The number of ether oxygens (including phenoxy) is 1. The number of carbonyl (C=O) groups excluding carboxylic acids is 1. The van der Waals surface area contributed by atoms with Gasteiger partial charge in [-0.3, -0.25) is 9.69 Å². The van der Waals surface area contributed by atoms with Crippen LogP contribution < -0.4 is 0 Å². The van der Waals surface area contributed by atoms with Crippen molar-refractivity contribution in [3.8, 4) is 0 Å². The Hall–Kier alpha value is -1.35. The molecule has 0 aromatic heterocycles. The average molecular weight is 247 g/mol. The Morgan fingerprint density at radius 1 is 1.33 bits per heavy atom. The van der Waals surface area contributed by atoms with E-state index in [1.807, 2.05) is 6.07 Å². The number of nitrogens with zero attached hydrogens (tertiary/aromatic N) is 1. The SMILES string of the molecule is COC(=O)[C@H]1CCCCN1CCc1ccccc1. The van der Waals surface area contributed by atoms with E-state index in [9.17, 15) is 4.79 Å². The van der Waals surface area contributed by atoms with Gasteiger partial charge in [0, 0.05) is 6.54 Å². The van der Waals surface area contributed by atoms with E-state index < -0.39 is 0 Å². The molecule has 0 bridgehead atoms. The van der Waals surface area contributed by atoms with E-state index in [-0.39, 0.29) is 12.0 Å². The first-order valence-electron chi connectivity index (χ1n) is 6.67. The van der Waals surface area contributed by atoms with Gasteiger partial charge < -0.3 is 4.74 Å². The largest absolute Gasteiger partial charge is 0.468 e. The molecule has 1 heterocycles. The van der Waals surface area contributed by atoms with Gasteiger partial charge in [0.25, 0.3) is 0 Å². The van der Waals surface area contributed by atoms with Crippen LogP contribution in [0.3, 0.4) is 0 Å². The van der Waals surface area contributed by atoms with Crippen LogP contribution in [-0.2, 0) is 16.0 Å². The summed E-state index contributed by atoms with van der Waals surface area (Å²) in [5, 5.41) is 0. The van der Waals surface area contributed by atoms with Crippen molar-refractivity contribution < 1.29 is 9.53 Å². The number of carbonyl (C=O) groups is 1. The fourth-order valence-corrected chi connectivity index (χ4v) is 2.58. The minimum atomic E-state index is -0.0808. The zero-order chi connectivity index (χ0) is 12.8. The van der Waals surface area contributed by atoms with E-state index in [2.05, 4.69) is 29.2 Å². The Labute approximate surface area is 109 Å². The average Bonchev–Trinajstić information content (AvgIpc) is 2.45. The number of methoxy groups -OCH3 is 1. The van der Waals surface area contributed by atoms with Gasteiger partial charge in [0.05, 0.1) is 7.11 Å². The maximum absolute atomic E-state index is 11.7. The third kappa shape index (κ3) is 3.33.